The van der Waals surface area contributed by atoms with Gasteiger partial charge in [-0.05, 0) is 11.5 Å². The van der Waals surface area contributed by atoms with Gasteiger partial charge in [-0.2, -0.15) is 0 Å². The van der Waals surface area contributed by atoms with Gasteiger partial charge in [0, 0.05) is 0 Å². The van der Waals surface area contributed by atoms with Gasteiger partial charge in [-0.15, -0.1) is 0 Å². The van der Waals surface area contributed by atoms with Crippen LogP contribution in [-0.4, -0.2) is 0 Å². The Balaban J connectivity index is 2.67. The van der Waals surface area contributed by atoms with Crippen LogP contribution in [0.3, 0.4) is 0 Å². The van der Waals surface area contributed by atoms with E-state index >= 15 is 0 Å². The lowest BCUT2D eigenvalue weighted by Crippen LogP contribution is -1.99. The molecule has 0 aliphatic heterocycles. The van der Waals surface area contributed by atoms with Crippen LogP contribution in [0.2, 0.25) is 0 Å². The highest BCUT2D eigenvalue weighted by atomic mass is 14.1. The predicted octanol–water partition coefficient (Wildman–Crippen LogP) is 1.75. The number of hydrogen-bond donors (Lipinski definition) is 0. The summed E-state index contributed by atoms with van der Waals surface area (Å²) in [7, 11) is 0. The lowest BCUT2D eigenvalue weighted by atomic mass is 9.92. The molecule has 1 aliphatic rings. The molecule has 32 valence electrons. The first-order valence-electron chi connectivity index (χ1n) is 2.17. The van der Waals surface area contributed by atoms with Crippen molar-refractivity contribution >= 4 is 0 Å². The average Bonchev–Trinajstić information content (AvgIpc) is 1.61. The van der Waals surface area contributed by atoms with E-state index in [1.807, 2.05) is 6.08 Å². The van der Waals surface area contributed by atoms with E-state index in [0.29, 0.717) is 5.92 Å². The first kappa shape index (κ1) is 3.66. The minimum Gasteiger partial charge on any atom is -0.0953 e. The summed E-state index contributed by atoms with van der Waals surface area (Å²) in [5, 5.41) is 0. The monoisotopic (exact) mass is 80.1 g/mol. The summed E-state index contributed by atoms with van der Waals surface area (Å²) < 4.78 is 0. The second-order valence-electron chi connectivity index (χ2n) is 1.72. The highest BCUT2D eigenvalue weighted by Gasteiger charge is 2.05. The normalized spacial score (nSPS) is 30.2. The Hall–Kier alpha value is -0.520. The molecule has 1 unspecified atom stereocenters. The molecule has 1 atom stereocenters. The zero-order chi connectivity index (χ0) is 4.57. The van der Waals surface area contributed by atoms with Gasteiger partial charge < -0.3 is 0 Å². The quantitative estimate of drug-likeness (QED) is 0.416. The highest BCUT2D eigenvalue weighted by Crippen LogP contribution is 2.20. The molecular weight excluding hydrogens is 72.1 g/mol. The lowest BCUT2D eigenvalue weighted by Gasteiger charge is -2.13. The van der Waals surface area contributed by atoms with E-state index in [-0.39, 0.29) is 0 Å². The minimum atomic E-state index is 0.657. The van der Waals surface area contributed by atoms with Crippen molar-refractivity contribution in [2.75, 3.05) is 0 Å². The van der Waals surface area contributed by atoms with E-state index in [2.05, 4.69) is 19.6 Å². The van der Waals surface area contributed by atoms with Gasteiger partial charge in [0.15, 0.2) is 0 Å². The predicted molar refractivity (Wildman–Crippen MR) is 27.4 cm³/mol. The largest absolute Gasteiger partial charge is 0.0953 e. The van der Waals surface area contributed by atoms with Crippen LogP contribution in [0, 0.1) is 5.92 Å². The molecule has 0 radical (unpaired) electrons. The van der Waals surface area contributed by atoms with Crippen LogP contribution in [0.25, 0.3) is 0 Å². The van der Waals surface area contributed by atoms with Crippen LogP contribution < -0.4 is 0 Å². The SMILES string of the molecule is C=C1C=CC1C. The summed E-state index contributed by atoms with van der Waals surface area (Å²) in [6, 6.07) is 0. The molecule has 0 bridgehead atoms. The summed E-state index contributed by atoms with van der Waals surface area (Å²) in [5.74, 6) is 0.657. The van der Waals surface area contributed by atoms with Gasteiger partial charge in [0.1, 0.15) is 0 Å². The Morgan fingerprint density at radius 3 is 2.33 bits per heavy atom. The van der Waals surface area contributed by atoms with Gasteiger partial charge in [0.25, 0.3) is 0 Å². The van der Waals surface area contributed by atoms with Crippen molar-refractivity contribution in [2.24, 2.45) is 5.92 Å². The molecule has 0 aromatic carbocycles. The van der Waals surface area contributed by atoms with Crippen LogP contribution >= 0.6 is 0 Å². The van der Waals surface area contributed by atoms with E-state index in [9.17, 15) is 0 Å². The Labute approximate surface area is 38.2 Å². The zero-order valence-corrected chi connectivity index (χ0v) is 3.94. The first-order chi connectivity index (χ1) is 2.80. The Kier molecular flexibility index (Phi) is 0.592. The summed E-state index contributed by atoms with van der Waals surface area (Å²) in [6.45, 7) is 5.90. The fraction of sp³-hybridized carbons (Fsp3) is 0.333. The number of rotatable bonds is 0. The van der Waals surface area contributed by atoms with E-state index in [1.165, 1.54) is 5.57 Å². The summed E-state index contributed by atoms with van der Waals surface area (Å²) in [4.78, 5) is 0. The molecule has 0 N–H and O–H groups in total. The van der Waals surface area contributed by atoms with Gasteiger partial charge >= 0.3 is 0 Å². The molecule has 1 aliphatic carbocycles. The van der Waals surface area contributed by atoms with Crippen molar-refractivity contribution < 1.29 is 0 Å². The average molecular weight is 80.1 g/mol. The molecule has 0 heterocycles. The van der Waals surface area contributed by atoms with Gasteiger partial charge in [-0.1, -0.05) is 25.7 Å². The van der Waals surface area contributed by atoms with Crippen molar-refractivity contribution in [1.29, 1.82) is 0 Å². The molecule has 6 heavy (non-hydrogen) atoms. The van der Waals surface area contributed by atoms with Gasteiger partial charge in [0.05, 0.1) is 0 Å². The first-order valence-corrected chi connectivity index (χ1v) is 2.17. The van der Waals surface area contributed by atoms with E-state index in [4.69, 9.17) is 0 Å². The van der Waals surface area contributed by atoms with Crippen LogP contribution in [0.15, 0.2) is 24.3 Å². The van der Waals surface area contributed by atoms with E-state index < -0.39 is 0 Å². The fourth-order valence-electron chi connectivity index (χ4n) is 0.425. The summed E-state index contributed by atoms with van der Waals surface area (Å²) >= 11 is 0. The van der Waals surface area contributed by atoms with E-state index in [1.54, 1.807) is 0 Å². The maximum atomic E-state index is 3.75. The third-order valence-electron chi connectivity index (χ3n) is 1.18. The third-order valence-corrected chi connectivity index (χ3v) is 1.18. The molecule has 0 aromatic rings. The highest BCUT2D eigenvalue weighted by molar-refractivity contribution is 5.31. The Bertz CT molecular complexity index is 98.6. The van der Waals surface area contributed by atoms with Gasteiger partial charge in [-0.25, -0.2) is 0 Å². The van der Waals surface area contributed by atoms with Crippen molar-refractivity contribution in [3.05, 3.63) is 24.3 Å². The summed E-state index contributed by atoms with van der Waals surface area (Å²) in [6.07, 6.45) is 4.19. The second-order valence-corrected chi connectivity index (χ2v) is 1.72. The molecule has 0 amide bonds. The number of allylic oxidation sites excluding steroid dienone is 3. The Morgan fingerprint density at radius 2 is 2.33 bits per heavy atom. The minimum absolute atomic E-state index is 0.657. The zero-order valence-electron chi connectivity index (χ0n) is 3.94. The molecule has 0 heteroatoms. The maximum absolute atomic E-state index is 3.75. The van der Waals surface area contributed by atoms with Crippen molar-refractivity contribution in [3.63, 3.8) is 0 Å². The molecule has 0 saturated carbocycles. The second kappa shape index (κ2) is 0.970. The van der Waals surface area contributed by atoms with Crippen LogP contribution in [0.1, 0.15) is 6.92 Å². The maximum Gasteiger partial charge on any atom is -0.00132 e. The standard InChI is InChI=1S/C6H8/c1-5-3-4-6(5)2/h3-4,6H,1H2,2H3. The third kappa shape index (κ3) is 0.298. The lowest BCUT2D eigenvalue weighted by molar-refractivity contribution is 0.842. The topological polar surface area (TPSA) is 0 Å². The Morgan fingerprint density at radius 1 is 1.83 bits per heavy atom. The molecule has 0 saturated heterocycles. The van der Waals surface area contributed by atoms with Crippen molar-refractivity contribution in [2.45, 2.75) is 6.92 Å². The molecule has 0 fully saturated rings. The smallest absolute Gasteiger partial charge is 0.00132 e. The van der Waals surface area contributed by atoms with Crippen LogP contribution in [-0.2, 0) is 0 Å². The molecule has 0 aromatic heterocycles. The van der Waals surface area contributed by atoms with Gasteiger partial charge in [-0.3, -0.25) is 0 Å². The molecule has 0 nitrogen and oxygen atoms in total. The van der Waals surface area contributed by atoms with Crippen molar-refractivity contribution in [1.82, 2.24) is 0 Å². The summed E-state index contributed by atoms with van der Waals surface area (Å²) in [5.41, 5.74) is 1.26. The van der Waals surface area contributed by atoms with Crippen molar-refractivity contribution in [3.8, 4) is 0 Å². The van der Waals surface area contributed by atoms with Crippen LogP contribution in [0.5, 0.6) is 0 Å². The van der Waals surface area contributed by atoms with Gasteiger partial charge in [0.2, 0.25) is 0 Å². The fourth-order valence-corrected chi connectivity index (χ4v) is 0.425. The molecule has 1 rings (SSSR count). The molecule has 0 spiro atoms. The molecular formula is C6H8. The number of hydrogen-bond acceptors (Lipinski definition) is 0. The van der Waals surface area contributed by atoms with E-state index in [0.717, 1.165) is 0 Å². The van der Waals surface area contributed by atoms with Crippen LogP contribution in [0.4, 0.5) is 0 Å².